The first-order valence-corrected chi connectivity index (χ1v) is 9.17. The van der Waals surface area contributed by atoms with Gasteiger partial charge < -0.3 is 23.5 Å². The average molecular weight is 485 g/mol. The first kappa shape index (κ1) is 21.5. The molecule has 0 bridgehead atoms. The number of carbonyl (C=O) groups excluding carboxylic acids is 1. The lowest BCUT2D eigenvalue weighted by Gasteiger charge is -2.10. The molecule has 0 saturated carbocycles. The maximum absolute atomic E-state index is 12.4. The molecular weight excluding hydrogens is 470 g/mol. The van der Waals surface area contributed by atoms with Crippen LogP contribution in [-0.2, 0) is 11.3 Å². The second kappa shape index (κ2) is 9.53. The van der Waals surface area contributed by atoms with E-state index in [2.05, 4.69) is 35.5 Å². The first-order valence-electron chi connectivity index (χ1n) is 8.37. The van der Waals surface area contributed by atoms with Crippen LogP contribution in [0.15, 0.2) is 45.4 Å². The monoisotopic (exact) mass is 484 g/mol. The zero-order valence-electron chi connectivity index (χ0n) is 15.7. The molecule has 8 nitrogen and oxygen atoms in total. The van der Waals surface area contributed by atoms with Crippen molar-refractivity contribution in [3.8, 4) is 28.6 Å². The van der Waals surface area contributed by atoms with Crippen LogP contribution < -0.4 is 14.2 Å². The molecule has 0 aliphatic rings. The molecule has 0 fully saturated rings. The molecule has 1 heterocycles. The second-order valence-electron chi connectivity index (χ2n) is 5.68. The van der Waals surface area contributed by atoms with Gasteiger partial charge in [0.1, 0.15) is 5.75 Å². The van der Waals surface area contributed by atoms with Crippen molar-refractivity contribution >= 4 is 21.9 Å². The summed E-state index contributed by atoms with van der Waals surface area (Å²) in [6, 6.07) is 9.00. The lowest BCUT2D eigenvalue weighted by atomic mass is 10.2. The fourth-order valence-electron chi connectivity index (χ4n) is 2.43. The number of benzene rings is 2. The SMILES string of the molecule is COC(=O)c1ccc(OCc2nc(-c3ccc(OC(F)F)c(OC)c3)no2)c(Br)c1. The smallest absolute Gasteiger partial charge is 0.387 e. The number of aromatic nitrogens is 2. The molecule has 0 radical (unpaired) electrons. The number of ether oxygens (including phenoxy) is 4. The standard InChI is InChI=1S/C19H15BrF2N2O6/c1-26-15-8-10(3-6-14(15)29-19(21)22)17-23-16(30-24-17)9-28-13-5-4-11(7-12(13)20)18(25)27-2/h3-8,19H,9H2,1-2H3. The van der Waals surface area contributed by atoms with Crippen molar-refractivity contribution in [3.05, 3.63) is 52.3 Å². The summed E-state index contributed by atoms with van der Waals surface area (Å²) in [7, 11) is 2.62. The minimum atomic E-state index is -2.97. The summed E-state index contributed by atoms with van der Waals surface area (Å²) >= 11 is 3.32. The normalized spacial score (nSPS) is 10.7. The first-order chi connectivity index (χ1) is 14.4. The van der Waals surface area contributed by atoms with Crippen LogP contribution in [0.4, 0.5) is 8.78 Å². The molecule has 0 saturated heterocycles. The summed E-state index contributed by atoms with van der Waals surface area (Å²) < 4.78 is 50.3. The molecule has 3 rings (SSSR count). The number of hydrogen-bond donors (Lipinski definition) is 0. The van der Waals surface area contributed by atoms with E-state index in [0.717, 1.165) is 0 Å². The van der Waals surface area contributed by atoms with E-state index in [0.29, 0.717) is 21.3 Å². The minimum Gasteiger partial charge on any atom is -0.493 e. The fourth-order valence-corrected chi connectivity index (χ4v) is 2.93. The van der Waals surface area contributed by atoms with Gasteiger partial charge in [-0.05, 0) is 52.3 Å². The molecular formula is C19H15BrF2N2O6. The lowest BCUT2D eigenvalue weighted by molar-refractivity contribution is -0.0512. The van der Waals surface area contributed by atoms with Gasteiger partial charge in [-0.1, -0.05) is 5.16 Å². The molecule has 0 amide bonds. The molecule has 0 N–H and O–H groups in total. The number of esters is 1. The summed E-state index contributed by atoms with van der Waals surface area (Å²) in [4.78, 5) is 15.8. The Labute approximate surface area is 177 Å². The van der Waals surface area contributed by atoms with Crippen molar-refractivity contribution in [3.63, 3.8) is 0 Å². The number of carbonyl (C=O) groups is 1. The number of alkyl halides is 2. The Bertz CT molecular complexity index is 1040. The summed E-state index contributed by atoms with van der Waals surface area (Å²) in [5.74, 6) is 0.381. The number of nitrogens with zero attached hydrogens (tertiary/aromatic N) is 2. The predicted molar refractivity (Wildman–Crippen MR) is 103 cm³/mol. The van der Waals surface area contributed by atoms with Gasteiger partial charge in [-0.15, -0.1) is 0 Å². The minimum absolute atomic E-state index is 0.0348. The van der Waals surface area contributed by atoms with Gasteiger partial charge in [0.25, 0.3) is 5.89 Å². The number of methoxy groups -OCH3 is 2. The zero-order valence-corrected chi connectivity index (χ0v) is 17.3. The van der Waals surface area contributed by atoms with E-state index in [1.807, 2.05) is 0 Å². The van der Waals surface area contributed by atoms with Crippen LogP contribution in [0.3, 0.4) is 0 Å². The maximum atomic E-state index is 12.4. The largest absolute Gasteiger partial charge is 0.493 e. The fraction of sp³-hybridized carbons (Fsp3) is 0.211. The van der Waals surface area contributed by atoms with Gasteiger partial charge in [0.05, 0.1) is 24.3 Å². The van der Waals surface area contributed by atoms with Crippen LogP contribution in [-0.4, -0.2) is 36.9 Å². The third-order valence-corrected chi connectivity index (χ3v) is 4.43. The predicted octanol–water partition coefficient (Wildman–Crippen LogP) is 4.47. The van der Waals surface area contributed by atoms with Gasteiger partial charge >= 0.3 is 12.6 Å². The Hall–Kier alpha value is -3.21. The van der Waals surface area contributed by atoms with Crippen molar-refractivity contribution in [2.75, 3.05) is 14.2 Å². The second-order valence-corrected chi connectivity index (χ2v) is 6.54. The van der Waals surface area contributed by atoms with Gasteiger partial charge in [0.2, 0.25) is 5.82 Å². The highest BCUT2D eigenvalue weighted by Crippen LogP contribution is 2.33. The van der Waals surface area contributed by atoms with Crippen LogP contribution in [0.1, 0.15) is 16.2 Å². The van der Waals surface area contributed by atoms with Gasteiger partial charge in [-0.2, -0.15) is 13.8 Å². The molecule has 0 atom stereocenters. The van der Waals surface area contributed by atoms with Crippen molar-refractivity contribution in [2.45, 2.75) is 13.2 Å². The highest BCUT2D eigenvalue weighted by molar-refractivity contribution is 9.10. The Morgan fingerprint density at radius 3 is 2.57 bits per heavy atom. The molecule has 0 aliphatic heterocycles. The highest BCUT2D eigenvalue weighted by atomic mass is 79.9. The van der Waals surface area contributed by atoms with Crippen LogP contribution in [0.5, 0.6) is 17.2 Å². The zero-order chi connectivity index (χ0) is 21.7. The maximum Gasteiger partial charge on any atom is 0.387 e. The third kappa shape index (κ3) is 5.03. The summed E-state index contributed by atoms with van der Waals surface area (Å²) in [5, 5.41) is 3.85. The number of halogens is 3. The Kier molecular flexibility index (Phi) is 6.83. The van der Waals surface area contributed by atoms with Crippen molar-refractivity contribution in [1.82, 2.24) is 10.1 Å². The summed E-state index contributed by atoms with van der Waals surface area (Å²) in [6.07, 6.45) is 0. The van der Waals surface area contributed by atoms with E-state index < -0.39 is 12.6 Å². The number of rotatable bonds is 8. The molecule has 3 aromatic rings. The third-order valence-electron chi connectivity index (χ3n) is 3.81. The molecule has 2 aromatic carbocycles. The molecule has 30 heavy (non-hydrogen) atoms. The summed E-state index contributed by atoms with van der Waals surface area (Å²) in [5.41, 5.74) is 0.845. The van der Waals surface area contributed by atoms with Crippen molar-refractivity contribution < 1.29 is 37.0 Å². The van der Waals surface area contributed by atoms with Crippen LogP contribution in [0, 0.1) is 0 Å². The Balaban J connectivity index is 1.70. The van der Waals surface area contributed by atoms with Crippen LogP contribution in [0.2, 0.25) is 0 Å². The average Bonchev–Trinajstić information content (AvgIpc) is 3.21. The molecule has 158 valence electrons. The van der Waals surface area contributed by atoms with Crippen molar-refractivity contribution in [1.29, 1.82) is 0 Å². The molecule has 0 aliphatic carbocycles. The van der Waals surface area contributed by atoms with E-state index >= 15 is 0 Å². The van der Waals surface area contributed by atoms with Gasteiger partial charge in [0.15, 0.2) is 18.1 Å². The quantitative estimate of drug-likeness (QED) is 0.432. The van der Waals surface area contributed by atoms with Gasteiger partial charge in [-0.25, -0.2) is 4.79 Å². The van der Waals surface area contributed by atoms with Crippen LogP contribution >= 0.6 is 15.9 Å². The van der Waals surface area contributed by atoms with E-state index in [4.69, 9.17) is 14.0 Å². The summed E-state index contributed by atoms with van der Waals surface area (Å²) in [6.45, 7) is -3.01. The number of hydrogen-bond acceptors (Lipinski definition) is 8. The van der Waals surface area contributed by atoms with E-state index in [1.54, 1.807) is 18.2 Å². The van der Waals surface area contributed by atoms with E-state index in [1.165, 1.54) is 32.4 Å². The topological polar surface area (TPSA) is 92.9 Å². The van der Waals surface area contributed by atoms with E-state index in [-0.39, 0.29) is 29.8 Å². The van der Waals surface area contributed by atoms with E-state index in [9.17, 15) is 13.6 Å². The molecule has 0 spiro atoms. The molecule has 11 heteroatoms. The Morgan fingerprint density at radius 2 is 1.90 bits per heavy atom. The van der Waals surface area contributed by atoms with Gasteiger partial charge in [0, 0.05) is 5.56 Å². The lowest BCUT2D eigenvalue weighted by Crippen LogP contribution is -2.03. The van der Waals surface area contributed by atoms with Crippen molar-refractivity contribution in [2.24, 2.45) is 0 Å². The van der Waals surface area contributed by atoms with Crippen LogP contribution in [0.25, 0.3) is 11.4 Å². The molecule has 1 aromatic heterocycles. The highest BCUT2D eigenvalue weighted by Gasteiger charge is 2.16. The Morgan fingerprint density at radius 1 is 1.13 bits per heavy atom. The van der Waals surface area contributed by atoms with Gasteiger partial charge in [-0.3, -0.25) is 0 Å². The molecule has 0 unspecified atom stereocenters.